The molecule has 0 saturated carbocycles. The van der Waals surface area contributed by atoms with E-state index in [1.807, 2.05) is 0 Å². The lowest BCUT2D eigenvalue weighted by atomic mass is 10.0. The van der Waals surface area contributed by atoms with Crippen molar-refractivity contribution < 1.29 is 23.1 Å². The van der Waals surface area contributed by atoms with Gasteiger partial charge in [0, 0.05) is 28.5 Å². The molecule has 0 aliphatic carbocycles. The van der Waals surface area contributed by atoms with Gasteiger partial charge in [-0.15, -0.1) is 0 Å². The smallest absolute Gasteiger partial charge is 0.344 e. The third kappa shape index (κ3) is 3.50. The summed E-state index contributed by atoms with van der Waals surface area (Å²) in [5.41, 5.74) is -0.0595. The molecule has 2 heterocycles. The van der Waals surface area contributed by atoms with E-state index in [-0.39, 0.29) is 23.5 Å². The first-order valence-corrected chi connectivity index (χ1v) is 8.77. The molecule has 4 aromatic rings. The Labute approximate surface area is 164 Å². The third-order valence-electron chi connectivity index (χ3n) is 4.39. The Hall–Kier alpha value is -3.87. The van der Waals surface area contributed by atoms with Gasteiger partial charge in [0.05, 0.1) is 12.7 Å². The van der Waals surface area contributed by atoms with Gasteiger partial charge >= 0.3 is 11.3 Å². The molecule has 2 aromatic carbocycles. The van der Waals surface area contributed by atoms with Crippen molar-refractivity contribution in [3.63, 3.8) is 0 Å². The van der Waals surface area contributed by atoms with Crippen molar-refractivity contribution in [1.29, 1.82) is 0 Å². The van der Waals surface area contributed by atoms with Crippen LogP contribution in [0.2, 0.25) is 0 Å². The largest absolute Gasteiger partial charge is 0.493 e. The van der Waals surface area contributed by atoms with Gasteiger partial charge < -0.3 is 18.3 Å². The lowest BCUT2D eigenvalue weighted by Gasteiger charge is -2.09. The predicted octanol–water partition coefficient (Wildman–Crippen LogP) is 3.54. The van der Waals surface area contributed by atoms with Crippen LogP contribution in [0.25, 0.3) is 33.1 Å². The monoisotopic (exact) mass is 392 g/mol. The molecular weight excluding hydrogens is 376 g/mol. The lowest BCUT2D eigenvalue weighted by molar-refractivity contribution is -0.118. The zero-order chi connectivity index (χ0) is 20.5. The molecule has 0 bridgehead atoms. The van der Waals surface area contributed by atoms with Crippen LogP contribution in [0, 0.1) is 0 Å². The first kappa shape index (κ1) is 18.5. The molecule has 29 heavy (non-hydrogen) atoms. The number of carbonyl (C=O) groups excluding carboxylic acids is 1. The van der Waals surface area contributed by atoms with Crippen molar-refractivity contribution in [3.8, 4) is 22.6 Å². The summed E-state index contributed by atoms with van der Waals surface area (Å²) >= 11 is 0. The number of Topliss-reactive ketones (excluding diaryl/α,β-unsaturated/α-hetero) is 1. The highest BCUT2D eigenvalue weighted by atomic mass is 16.5. The van der Waals surface area contributed by atoms with E-state index in [1.165, 1.54) is 26.2 Å². The fraction of sp³-hybridized carbons (Fsp3) is 0.136. The molecule has 0 saturated heterocycles. The number of fused-ring (bicyclic) bond motifs is 2. The van der Waals surface area contributed by atoms with Gasteiger partial charge in [-0.05, 0) is 31.2 Å². The molecule has 2 aromatic heterocycles. The number of ether oxygens (including phenoxy) is 2. The van der Waals surface area contributed by atoms with Crippen LogP contribution in [0.1, 0.15) is 6.92 Å². The molecule has 0 aliphatic rings. The summed E-state index contributed by atoms with van der Waals surface area (Å²) in [5, 5.41) is 1.19. The Bertz CT molecular complexity index is 1360. The first-order chi connectivity index (χ1) is 14.0. The van der Waals surface area contributed by atoms with Gasteiger partial charge in [-0.1, -0.05) is 12.1 Å². The second kappa shape index (κ2) is 7.27. The van der Waals surface area contributed by atoms with Gasteiger partial charge in [0.15, 0.2) is 17.1 Å². The van der Waals surface area contributed by atoms with Crippen LogP contribution in [0.15, 0.2) is 67.0 Å². The summed E-state index contributed by atoms with van der Waals surface area (Å²) < 4.78 is 21.3. The minimum absolute atomic E-state index is 0.0917. The average Bonchev–Trinajstić information content (AvgIpc) is 2.70. The molecule has 0 N–H and O–H groups in total. The van der Waals surface area contributed by atoms with E-state index in [0.717, 1.165) is 0 Å². The van der Waals surface area contributed by atoms with E-state index >= 15 is 0 Å². The number of ketones is 1. The second-order valence-electron chi connectivity index (χ2n) is 6.45. The fourth-order valence-electron chi connectivity index (χ4n) is 3.11. The fourth-order valence-corrected chi connectivity index (χ4v) is 3.11. The molecular formula is C22H16O7. The highest BCUT2D eigenvalue weighted by Crippen LogP contribution is 2.31. The van der Waals surface area contributed by atoms with E-state index < -0.39 is 11.3 Å². The van der Waals surface area contributed by atoms with Crippen LogP contribution in [0.4, 0.5) is 0 Å². The van der Waals surface area contributed by atoms with Gasteiger partial charge in [0.1, 0.15) is 17.9 Å². The van der Waals surface area contributed by atoms with E-state index in [1.54, 1.807) is 36.4 Å². The summed E-state index contributed by atoms with van der Waals surface area (Å²) in [4.78, 5) is 35.9. The van der Waals surface area contributed by atoms with Crippen LogP contribution >= 0.6 is 0 Å². The minimum Gasteiger partial charge on any atom is -0.493 e. The van der Waals surface area contributed by atoms with Crippen LogP contribution in [-0.2, 0) is 4.79 Å². The molecule has 7 nitrogen and oxygen atoms in total. The first-order valence-electron chi connectivity index (χ1n) is 8.77. The Balaban J connectivity index is 1.91. The van der Waals surface area contributed by atoms with Gasteiger partial charge in [0.25, 0.3) is 0 Å². The molecule has 0 atom stereocenters. The van der Waals surface area contributed by atoms with Crippen LogP contribution in [0.3, 0.4) is 0 Å². The van der Waals surface area contributed by atoms with Crippen molar-refractivity contribution in [2.75, 3.05) is 13.7 Å². The summed E-state index contributed by atoms with van der Waals surface area (Å²) in [6, 6.07) is 13.0. The lowest BCUT2D eigenvalue weighted by Crippen LogP contribution is -2.08. The Kier molecular flexibility index (Phi) is 4.64. The number of para-hydroxylation sites is 1. The van der Waals surface area contributed by atoms with Crippen LogP contribution in [0.5, 0.6) is 11.5 Å². The maximum atomic E-state index is 12.7. The minimum atomic E-state index is -0.624. The topological polar surface area (TPSA) is 96.0 Å². The predicted molar refractivity (Wildman–Crippen MR) is 107 cm³/mol. The van der Waals surface area contributed by atoms with E-state index in [4.69, 9.17) is 18.3 Å². The molecule has 7 heteroatoms. The summed E-state index contributed by atoms with van der Waals surface area (Å²) in [5.74, 6) is 0.684. The Morgan fingerprint density at radius 3 is 2.59 bits per heavy atom. The average molecular weight is 392 g/mol. The van der Waals surface area contributed by atoms with Crippen molar-refractivity contribution in [1.82, 2.24) is 0 Å². The Morgan fingerprint density at radius 2 is 1.83 bits per heavy atom. The second-order valence-corrected chi connectivity index (χ2v) is 6.45. The number of hydrogen-bond acceptors (Lipinski definition) is 7. The van der Waals surface area contributed by atoms with Gasteiger partial charge in [-0.2, -0.15) is 0 Å². The van der Waals surface area contributed by atoms with Gasteiger partial charge in [0.2, 0.25) is 0 Å². The van der Waals surface area contributed by atoms with Crippen molar-refractivity contribution >= 4 is 27.7 Å². The van der Waals surface area contributed by atoms with E-state index in [9.17, 15) is 14.4 Å². The number of methoxy groups -OCH3 is 1. The molecule has 0 unspecified atom stereocenters. The molecule has 0 aliphatic heterocycles. The van der Waals surface area contributed by atoms with Crippen molar-refractivity contribution in [3.05, 3.63) is 69.4 Å². The normalized spacial score (nSPS) is 11.0. The highest BCUT2D eigenvalue weighted by Gasteiger charge is 2.16. The molecule has 146 valence electrons. The standard InChI is InChI=1S/C22H16O7/c1-12(23)11-27-14-6-7-15-16(10-20(24)28-19(15)9-14)17-8-13-4-3-5-18(26-2)21(13)29-22(17)25/h3-10H,11H2,1-2H3. The number of benzene rings is 2. The zero-order valence-corrected chi connectivity index (χ0v) is 15.7. The highest BCUT2D eigenvalue weighted by molar-refractivity contribution is 5.96. The maximum Gasteiger partial charge on any atom is 0.344 e. The van der Waals surface area contributed by atoms with Crippen LogP contribution in [-0.4, -0.2) is 19.5 Å². The third-order valence-corrected chi connectivity index (χ3v) is 4.39. The van der Waals surface area contributed by atoms with E-state index in [0.29, 0.717) is 33.4 Å². The number of carbonyl (C=O) groups is 1. The quantitative estimate of drug-likeness (QED) is 0.479. The van der Waals surface area contributed by atoms with Gasteiger partial charge in [-0.25, -0.2) is 9.59 Å². The zero-order valence-electron chi connectivity index (χ0n) is 15.7. The van der Waals surface area contributed by atoms with Crippen molar-refractivity contribution in [2.24, 2.45) is 0 Å². The molecule has 0 spiro atoms. The van der Waals surface area contributed by atoms with Crippen molar-refractivity contribution in [2.45, 2.75) is 6.92 Å². The van der Waals surface area contributed by atoms with Crippen LogP contribution < -0.4 is 20.7 Å². The van der Waals surface area contributed by atoms with E-state index in [2.05, 4.69) is 0 Å². The summed E-state index contributed by atoms with van der Waals surface area (Å²) in [6.07, 6.45) is 0. The molecule has 0 radical (unpaired) electrons. The molecule has 4 rings (SSSR count). The van der Waals surface area contributed by atoms with Gasteiger partial charge in [-0.3, -0.25) is 4.79 Å². The maximum absolute atomic E-state index is 12.7. The molecule has 0 amide bonds. The molecule has 0 fully saturated rings. The number of hydrogen-bond donors (Lipinski definition) is 0. The SMILES string of the molecule is COc1cccc2cc(-c3cc(=O)oc4cc(OCC(C)=O)ccc34)c(=O)oc12. The number of rotatable bonds is 5. The summed E-state index contributed by atoms with van der Waals surface area (Å²) in [7, 11) is 1.49. The Morgan fingerprint density at radius 1 is 1.00 bits per heavy atom. The summed E-state index contributed by atoms with van der Waals surface area (Å²) in [6.45, 7) is 1.32.